The highest BCUT2D eigenvalue weighted by Crippen LogP contribution is 2.57. The number of ketones is 1. The van der Waals surface area contributed by atoms with Crippen molar-refractivity contribution in [2.24, 2.45) is 11.8 Å². The molecule has 0 aromatic carbocycles. The summed E-state index contributed by atoms with van der Waals surface area (Å²) in [5, 5.41) is 0. The molecule has 4 heterocycles. The first-order valence-corrected chi connectivity index (χ1v) is 10.6. The summed E-state index contributed by atoms with van der Waals surface area (Å²) < 4.78 is 19.0. The van der Waals surface area contributed by atoms with Gasteiger partial charge in [-0.15, -0.1) is 0 Å². The van der Waals surface area contributed by atoms with Crippen LogP contribution in [0.5, 0.6) is 5.75 Å². The average Bonchev–Trinajstić information content (AvgIpc) is 3.16. The second-order valence-electron chi connectivity index (χ2n) is 8.98. The minimum absolute atomic E-state index is 0.00438. The van der Waals surface area contributed by atoms with Gasteiger partial charge in [0.05, 0.1) is 25.0 Å². The van der Waals surface area contributed by atoms with Crippen LogP contribution < -0.4 is 4.74 Å². The predicted molar refractivity (Wildman–Crippen MR) is 110 cm³/mol. The minimum Gasteiger partial charge on any atom is -0.491 e. The summed E-state index contributed by atoms with van der Waals surface area (Å²) in [5.41, 5.74) is 3.11. The molecule has 0 spiro atoms. The number of aromatic nitrogens is 3. The summed E-state index contributed by atoms with van der Waals surface area (Å²) in [6, 6.07) is 1.93. The van der Waals surface area contributed by atoms with Crippen LogP contribution in [0.15, 0.2) is 29.1 Å². The molecule has 7 nitrogen and oxygen atoms in total. The number of carbonyl (C=O) groups excluding carboxylic acids is 1. The van der Waals surface area contributed by atoms with Gasteiger partial charge >= 0.3 is 0 Å². The van der Waals surface area contributed by atoms with Crippen molar-refractivity contribution in [3.63, 3.8) is 0 Å². The maximum Gasteiger partial charge on any atom is 0.197 e. The standard InChI is InChI=1S/C23H27N3O4/c1-12(2)23-25-18(11-29-23)19(27)5-14-7-26-8-17(22-15-9-28-10-16(15)22)24-21(26)6-20(14)30-13(3)4/h6-8,11-13,15-16,22H,5,9-10H2,1-4H3. The first-order valence-electron chi connectivity index (χ1n) is 10.6. The van der Waals surface area contributed by atoms with Crippen molar-refractivity contribution in [1.82, 2.24) is 14.4 Å². The molecule has 0 N–H and O–H groups in total. The Morgan fingerprint density at radius 2 is 1.97 bits per heavy atom. The summed E-state index contributed by atoms with van der Waals surface area (Å²) >= 11 is 0. The highest BCUT2D eigenvalue weighted by Gasteiger charge is 2.55. The summed E-state index contributed by atoms with van der Waals surface area (Å²) in [5.74, 6) is 3.00. The van der Waals surface area contributed by atoms with Gasteiger partial charge in [-0.25, -0.2) is 9.97 Å². The van der Waals surface area contributed by atoms with E-state index in [-0.39, 0.29) is 24.2 Å². The van der Waals surface area contributed by atoms with Gasteiger partial charge in [-0.3, -0.25) is 4.79 Å². The van der Waals surface area contributed by atoms with Crippen LogP contribution in [0.3, 0.4) is 0 Å². The SMILES string of the molecule is CC(C)Oc1cc2nc(C3C4COCC43)cn2cc1CC(=O)c1coc(C(C)C)n1. The van der Waals surface area contributed by atoms with Crippen LogP contribution >= 0.6 is 0 Å². The lowest BCUT2D eigenvalue weighted by molar-refractivity contribution is 0.0986. The molecule has 3 aromatic rings. The molecule has 158 valence electrons. The van der Waals surface area contributed by atoms with Crippen LogP contribution in [-0.2, 0) is 11.2 Å². The number of imidazole rings is 1. The number of ether oxygens (including phenoxy) is 2. The number of Topliss-reactive ketones (excluding diaryl/α,β-unsaturated/α-hetero) is 1. The van der Waals surface area contributed by atoms with Crippen LogP contribution in [0.4, 0.5) is 0 Å². The van der Waals surface area contributed by atoms with Gasteiger partial charge in [0.1, 0.15) is 23.4 Å². The maximum absolute atomic E-state index is 12.9. The molecule has 1 aliphatic heterocycles. The van der Waals surface area contributed by atoms with Gasteiger partial charge in [0.25, 0.3) is 0 Å². The van der Waals surface area contributed by atoms with Crippen molar-refractivity contribution in [3.05, 3.63) is 47.6 Å². The van der Waals surface area contributed by atoms with Crippen LogP contribution in [-0.4, -0.2) is 39.5 Å². The molecule has 30 heavy (non-hydrogen) atoms. The third-order valence-electron chi connectivity index (χ3n) is 5.96. The zero-order valence-corrected chi connectivity index (χ0v) is 17.8. The predicted octanol–water partition coefficient (Wildman–Crippen LogP) is 4.02. The summed E-state index contributed by atoms with van der Waals surface area (Å²) in [4.78, 5) is 22.0. The largest absolute Gasteiger partial charge is 0.491 e. The molecular weight excluding hydrogens is 382 g/mol. The lowest BCUT2D eigenvalue weighted by atomic mass is 10.1. The Labute approximate surface area is 175 Å². The van der Waals surface area contributed by atoms with E-state index >= 15 is 0 Å². The molecule has 0 radical (unpaired) electrons. The van der Waals surface area contributed by atoms with E-state index in [1.54, 1.807) is 0 Å². The Morgan fingerprint density at radius 3 is 2.63 bits per heavy atom. The number of fused-ring (bicyclic) bond motifs is 2. The van der Waals surface area contributed by atoms with Gasteiger partial charge < -0.3 is 18.3 Å². The maximum atomic E-state index is 12.9. The van der Waals surface area contributed by atoms with E-state index in [1.807, 2.05) is 44.4 Å². The molecule has 0 amide bonds. The van der Waals surface area contributed by atoms with Gasteiger partial charge in [0, 0.05) is 42.3 Å². The molecule has 2 atom stereocenters. The van der Waals surface area contributed by atoms with E-state index in [0.717, 1.165) is 30.1 Å². The van der Waals surface area contributed by atoms with E-state index < -0.39 is 0 Å². The monoisotopic (exact) mass is 409 g/mol. The molecule has 1 saturated heterocycles. The molecule has 3 aromatic heterocycles. The molecule has 2 fully saturated rings. The van der Waals surface area contributed by atoms with Crippen molar-refractivity contribution in [3.8, 4) is 5.75 Å². The Balaban J connectivity index is 1.45. The number of rotatable bonds is 7. The fraction of sp³-hybridized carbons (Fsp3) is 0.522. The third-order valence-corrected chi connectivity index (χ3v) is 5.96. The fourth-order valence-corrected chi connectivity index (χ4v) is 4.36. The Hall–Kier alpha value is -2.67. The number of nitrogens with zero attached hydrogens (tertiary/aromatic N) is 3. The van der Waals surface area contributed by atoms with Crippen molar-refractivity contribution in [2.75, 3.05) is 13.2 Å². The third kappa shape index (κ3) is 3.41. The highest BCUT2D eigenvalue weighted by molar-refractivity contribution is 5.95. The minimum atomic E-state index is -0.0900. The second-order valence-corrected chi connectivity index (χ2v) is 8.98. The Morgan fingerprint density at radius 1 is 1.20 bits per heavy atom. The number of carbonyl (C=O) groups is 1. The van der Waals surface area contributed by atoms with Crippen LogP contribution in [0.25, 0.3) is 5.65 Å². The van der Waals surface area contributed by atoms with Gasteiger partial charge in [0.15, 0.2) is 11.7 Å². The van der Waals surface area contributed by atoms with E-state index in [0.29, 0.717) is 35.1 Å². The van der Waals surface area contributed by atoms with E-state index in [2.05, 4.69) is 11.2 Å². The Bertz CT molecular complexity index is 1090. The molecule has 5 rings (SSSR count). The molecule has 1 aliphatic carbocycles. The van der Waals surface area contributed by atoms with Gasteiger partial charge in [-0.05, 0) is 25.7 Å². The smallest absolute Gasteiger partial charge is 0.197 e. The zero-order valence-electron chi connectivity index (χ0n) is 17.8. The second kappa shape index (κ2) is 7.23. The molecule has 2 aliphatic rings. The van der Waals surface area contributed by atoms with Gasteiger partial charge in [0.2, 0.25) is 0 Å². The highest BCUT2D eigenvalue weighted by atomic mass is 16.5. The molecule has 1 saturated carbocycles. The normalized spacial score (nSPS) is 22.8. The first-order chi connectivity index (χ1) is 14.4. The van der Waals surface area contributed by atoms with Gasteiger partial charge in [-0.2, -0.15) is 0 Å². The number of pyridine rings is 1. The van der Waals surface area contributed by atoms with Crippen LogP contribution in [0.1, 0.15) is 67.2 Å². The number of hydrogen-bond acceptors (Lipinski definition) is 6. The fourth-order valence-electron chi connectivity index (χ4n) is 4.36. The van der Waals surface area contributed by atoms with Crippen molar-refractivity contribution in [2.45, 2.75) is 52.1 Å². The molecular formula is C23H27N3O4. The van der Waals surface area contributed by atoms with Crippen molar-refractivity contribution < 1.29 is 18.7 Å². The van der Waals surface area contributed by atoms with E-state index in [9.17, 15) is 4.79 Å². The zero-order chi connectivity index (χ0) is 21.0. The van der Waals surface area contributed by atoms with E-state index in [4.69, 9.17) is 18.9 Å². The van der Waals surface area contributed by atoms with Crippen molar-refractivity contribution in [1.29, 1.82) is 0 Å². The summed E-state index contributed by atoms with van der Waals surface area (Å²) in [6.45, 7) is 9.59. The molecule has 2 unspecified atom stereocenters. The molecule has 7 heteroatoms. The quantitative estimate of drug-likeness (QED) is 0.549. The number of oxazole rings is 1. The lowest BCUT2D eigenvalue weighted by Gasteiger charge is -2.14. The van der Waals surface area contributed by atoms with E-state index in [1.165, 1.54) is 6.26 Å². The average molecular weight is 409 g/mol. The topological polar surface area (TPSA) is 78.9 Å². The van der Waals surface area contributed by atoms with Crippen LogP contribution in [0, 0.1) is 11.8 Å². The molecule has 0 bridgehead atoms. The number of hydrogen-bond donors (Lipinski definition) is 0. The Kier molecular flexibility index (Phi) is 4.65. The summed E-state index contributed by atoms with van der Waals surface area (Å²) in [7, 11) is 0. The summed E-state index contributed by atoms with van der Waals surface area (Å²) in [6.07, 6.45) is 5.67. The van der Waals surface area contributed by atoms with Crippen LogP contribution in [0.2, 0.25) is 0 Å². The lowest BCUT2D eigenvalue weighted by Crippen LogP contribution is -2.11. The van der Waals surface area contributed by atoms with Crippen molar-refractivity contribution >= 4 is 11.4 Å². The first kappa shape index (κ1) is 19.3. The van der Waals surface area contributed by atoms with Gasteiger partial charge in [-0.1, -0.05) is 13.8 Å².